The van der Waals surface area contributed by atoms with Crippen molar-refractivity contribution in [3.63, 3.8) is 0 Å². The van der Waals surface area contributed by atoms with E-state index >= 15 is 0 Å². The Hall–Kier alpha value is -3.62. The van der Waals surface area contributed by atoms with Gasteiger partial charge in [-0.05, 0) is 30.5 Å². The maximum atomic E-state index is 13.5. The molecule has 1 fully saturated rings. The molecule has 1 aliphatic carbocycles. The molecule has 0 amide bonds. The number of carbonyl (C=O) groups is 2. The molecule has 0 unspecified atom stereocenters. The van der Waals surface area contributed by atoms with Crippen LogP contribution in [-0.4, -0.2) is 42.1 Å². The number of esters is 2. The number of ether oxygens (including phenoxy) is 2. The molecular formula is C23H19F3N2O4. The highest BCUT2D eigenvalue weighted by atomic mass is 19.4. The van der Waals surface area contributed by atoms with Gasteiger partial charge >= 0.3 is 18.1 Å². The minimum absolute atomic E-state index is 0.0401. The molecule has 0 saturated heterocycles. The molecular weight excluding hydrogens is 425 g/mol. The lowest BCUT2D eigenvalue weighted by Gasteiger charge is -2.19. The highest BCUT2D eigenvalue weighted by Crippen LogP contribution is 2.59. The standard InChI is InChI=1S/C23H19F3N2O4/c1-31-20(29)17-18(14-8-10-15(11-9-14)22(12-13-22)23(24,25)26)27-28(19(17)21(30)32-2)16-6-4-3-5-7-16/h3-11H,12-13H2,1-2H3. The molecule has 2 aromatic carbocycles. The molecule has 1 aliphatic rings. The lowest BCUT2D eigenvalue weighted by atomic mass is 9.93. The van der Waals surface area contributed by atoms with Crippen molar-refractivity contribution in [1.29, 1.82) is 0 Å². The number of rotatable bonds is 5. The molecule has 0 atom stereocenters. The van der Waals surface area contributed by atoms with Gasteiger partial charge < -0.3 is 9.47 Å². The molecule has 0 aliphatic heterocycles. The number of nitrogens with zero attached hydrogens (tertiary/aromatic N) is 2. The van der Waals surface area contributed by atoms with E-state index in [1.807, 2.05) is 0 Å². The summed E-state index contributed by atoms with van der Waals surface area (Å²) in [4.78, 5) is 25.2. The van der Waals surface area contributed by atoms with Crippen LogP contribution < -0.4 is 0 Å². The molecule has 166 valence electrons. The number of carbonyl (C=O) groups excluding carboxylic acids is 2. The third kappa shape index (κ3) is 3.43. The molecule has 1 aromatic heterocycles. The van der Waals surface area contributed by atoms with Crippen LogP contribution in [0, 0.1) is 0 Å². The van der Waals surface area contributed by atoms with Crippen LogP contribution in [0.5, 0.6) is 0 Å². The molecule has 0 bridgehead atoms. The van der Waals surface area contributed by atoms with Gasteiger partial charge in [0, 0.05) is 5.56 Å². The topological polar surface area (TPSA) is 70.4 Å². The van der Waals surface area contributed by atoms with Gasteiger partial charge in [0.1, 0.15) is 11.3 Å². The summed E-state index contributed by atoms with van der Waals surface area (Å²) in [5.41, 5.74) is -0.973. The van der Waals surface area contributed by atoms with Crippen molar-refractivity contribution in [2.75, 3.05) is 14.2 Å². The maximum absolute atomic E-state index is 13.5. The minimum atomic E-state index is -4.33. The lowest BCUT2D eigenvalue weighted by molar-refractivity contribution is -0.160. The van der Waals surface area contributed by atoms with E-state index in [9.17, 15) is 22.8 Å². The lowest BCUT2D eigenvalue weighted by Crippen LogP contribution is -2.28. The van der Waals surface area contributed by atoms with Crippen molar-refractivity contribution >= 4 is 11.9 Å². The highest BCUT2D eigenvalue weighted by Gasteiger charge is 2.64. The molecule has 6 nitrogen and oxygen atoms in total. The summed E-state index contributed by atoms with van der Waals surface area (Å²) in [6.45, 7) is 0. The van der Waals surface area contributed by atoms with E-state index in [4.69, 9.17) is 9.47 Å². The minimum Gasteiger partial charge on any atom is -0.465 e. The van der Waals surface area contributed by atoms with E-state index in [-0.39, 0.29) is 35.4 Å². The number of benzene rings is 2. The highest BCUT2D eigenvalue weighted by molar-refractivity contribution is 6.06. The average Bonchev–Trinajstić information content (AvgIpc) is 3.53. The SMILES string of the molecule is COC(=O)c1c(-c2ccc(C3(C(F)(F)F)CC3)cc2)nn(-c2ccccc2)c1C(=O)OC. The first-order valence-corrected chi connectivity index (χ1v) is 9.76. The third-order valence-electron chi connectivity index (χ3n) is 5.66. The predicted molar refractivity (Wildman–Crippen MR) is 109 cm³/mol. The fourth-order valence-electron chi connectivity index (χ4n) is 3.76. The molecule has 0 radical (unpaired) electrons. The van der Waals surface area contributed by atoms with Crippen molar-refractivity contribution in [3.8, 4) is 16.9 Å². The van der Waals surface area contributed by atoms with Crippen molar-refractivity contribution in [2.45, 2.75) is 24.4 Å². The Kier molecular flexibility index (Phi) is 5.28. The predicted octanol–water partition coefficient (Wildman–Crippen LogP) is 4.71. The van der Waals surface area contributed by atoms with E-state index in [0.29, 0.717) is 11.3 Å². The number of hydrogen-bond donors (Lipinski definition) is 0. The Balaban J connectivity index is 1.88. The second-order valence-corrected chi connectivity index (χ2v) is 7.46. The smallest absolute Gasteiger partial charge is 0.398 e. The van der Waals surface area contributed by atoms with E-state index in [1.165, 1.54) is 36.1 Å². The number of methoxy groups -OCH3 is 2. The van der Waals surface area contributed by atoms with Gasteiger partial charge in [-0.15, -0.1) is 0 Å². The van der Waals surface area contributed by atoms with Crippen LogP contribution in [-0.2, 0) is 14.9 Å². The zero-order chi connectivity index (χ0) is 23.1. The van der Waals surface area contributed by atoms with Crippen LogP contribution in [0.3, 0.4) is 0 Å². The van der Waals surface area contributed by atoms with Crippen molar-refractivity contribution in [2.24, 2.45) is 0 Å². The molecule has 0 N–H and O–H groups in total. The van der Waals surface area contributed by atoms with E-state index in [2.05, 4.69) is 5.10 Å². The van der Waals surface area contributed by atoms with Gasteiger partial charge in [0.05, 0.1) is 25.3 Å². The molecule has 1 saturated carbocycles. The monoisotopic (exact) mass is 444 g/mol. The Labute approximate surface area is 181 Å². The molecule has 9 heteroatoms. The van der Waals surface area contributed by atoms with E-state index in [1.54, 1.807) is 30.3 Å². The molecule has 3 aromatic rings. The van der Waals surface area contributed by atoms with Crippen molar-refractivity contribution < 1.29 is 32.2 Å². The van der Waals surface area contributed by atoms with Crippen LogP contribution in [0.4, 0.5) is 13.2 Å². The summed E-state index contributed by atoms with van der Waals surface area (Å²) in [6, 6.07) is 14.3. The quantitative estimate of drug-likeness (QED) is 0.534. The summed E-state index contributed by atoms with van der Waals surface area (Å²) in [5, 5.41) is 4.44. The van der Waals surface area contributed by atoms with Crippen LogP contribution >= 0.6 is 0 Å². The normalized spacial score (nSPS) is 14.7. The Morgan fingerprint density at radius 3 is 2.03 bits per heavy atom. The number of halogens is 3. The van der Waals surface area contributed by atoms with Gasteiger partial charge in [-0.3, -0.25) is 0 Å². The molecule has 0 spiro atoms. The number of para-hydroxylation sites is 1. The van der Waals surface area contributed by atoms with E-state index < -0.39 is 23.5 Å². The first-order valence-electron chi connectivity index (χ1n) is 9.76. The van der Waals surface area contributed by atoms with Crippen LogP contribution in [0.15, 0.2) is 54.6 Å². The van der Waals surface area contributed by atoms with Gasteiger partial charge in [0.15, 0.2) is 5.69 Å². The van der Waals surface area contributed by atoms with Gasteiger partial charge in [-0.2, -0.15) is 18.3 Å². The Morgan fingerprint density at radius 1 is 0.938 bits per heavy atom. The molecule has 4 rings (SSSR count). The largest absolute Gasteiger partial charge is 0.465 e. The third-order valence-corrected chi connectivity index (χ3v) is 5.66. The zero-order valence-corrected chi connectivity index (χ0v) is 17.3. The first-order chi connectivity index (χ1) is 15.2. The van der Waals surface area contributed by atoms with Crippen LogP contribution in [0.25, 0.3) is 16.9 Å². The fourth-order valence-corrected chi connectivity index (χ4v) is 3.76. The summed E-state index contributed by atoms with van der Waals surface area (Å²) in [6.07, 6.45) is -4.25. The number of alkyl halides is 3. The van der Waals surface area contributed by atoms with Crippen LogP contribution in [0.2, 0.25) is 0 Å². The van der Waals surface area contributed by atoms with Gasteiger partial charge in [0.2, 0.25) is 0 Å². The van der Waals surface area contributed by atoms with Crippen molar-refractivity contribution in [3.05, 3.63) is 71.4 Å². The number of aromatic nitrogens is 2. The number of hydrogen-bond acceptors (Lipinski definition) is 5. The van der Waals surface area contributed by atoms with Crippen LogP contribution in [0.1, 0.15) is 39.3 Å². The fraction of sp³-hybridized carbons (Fsp3) is 0.261. The van der Waals surface area contributed by atoms with Crippen molar-refractivity contribution in [1.82, 2.24) is 9.78 Å². The van der Waals surface area contributed by atoms with E-state index in [0.717, 1.165) is 7.11 Å². The molecule has 32 heavy (non-hydrogen) atoms. The average molecular weight is 444 g/mol. The molecule has 1 heterocycles. The summed E-state index contributed by atoms with van der Waals surface area (Å²) in [5.74, 6) is -1.63. The first kappa shape index (κ1) is 21.6. The second kappa shape index (κ2) is 7.81. The Morgan fingerprint density at radius 2 is 1.53 bits per heavy atom. The van der Waals surface area contributed by atoms with Gasteiger partial charge in [-0.1, -0.05) is 42.5 Å². The summed E-state index contributed by atoms with van der Waals surface area (Å²) < 4.78 is 51.4. The summed E-state index contributed by atoms with van der Waals surface area (Å²) >= 11 is 0. The zero-order valence-electron chi connectivity index (χ0n) is 17.3. The summed E-state index contributed by atoms with van der Waals surface area (Å²) in [7, 11) is 2.34. The van der Waals surface area contributed by atoms with Gasteiger partial charge in [0.25, 0.3) is 0 Å². The second-order valence-electron chi connectivity index (χ2n) is 7.46. The Bertz CT molecular complexity index is 1160. The maximum Gasteiger partial charge on any atom is 0.398 e. The van der Waals surface area contributed by atoms with Gasteiger partial charge in [-0.25, -0.2) is 14.3 Å².